The zero-order valence-corrected chi connectivity index (χ0v) is 21.1. The van der Waals surface area contributed by atoms with Crippen LogP contribution in [-0.2, 0) is 17.6 Å². The maximum atomic E-state index is 12.3. The van der Waals surface area contributed by atoms with Crippen LogP contribution in [0, 0.1) is 0 Å². The van der Waals surface area contributed by atoms with Crippen LogP contribution in [0.1, 0.15) is 67.1 Å². The van der Waals surface area contributed by atoms with E-state index in [2.05, 4.69) is 54.7 Å². The number of amides is 3. The predicted molar refractivity (Wildman–Crippen MR) is 133 cm³/mol. The molecule has 7 nitrogen and oxygen atoms in total. The molecule has 8 heteroatoms. The third-order valence-corrected chi connectivity index (χ3v) is 6.27. The number of benzene rings is 1. The van der Waals surface area contributed by atoms with Gasteiger partial charge in [-0.1, -0.05) is 49.3 Å². The lowest BCUT2D eigenvalue weighted by atomic mass is 9.95. The van der Waals surface area contributed by atoms with Crippen molar-refractivity contribution in [3.8, 4) is 5.75 Å². The molecule has 0 spiro atoms. The number of nitrogens with one attached hydrogen (secondary N) is 1. The second kappa shape index (κ2) is 11.2. The lowest BCUT2D eigenvalue weighted by molar-refractivity contribution is -0.125. The van der Waals surface area contributed by atoms with Gasteiger partial charge in [0, 0.05) is 27.5 Å². The van der Waals surface area contributed by atoms with Gasteiger partial charge in [-0.15, -0.1) is 0 Å². The third-order valence-electron chi connectivity index (χ3n) is 5.60. The molecule has 1 unspecified atom stereocenters. The molecule has 32 heavy (non-hydrogen) atoms. The van der Waals surface area contributed by atoms with Crippen molar-refractivity contribution in [2.75, 3.05) is 19.7 Å². The highest BCUT2D eigenvalue weighted by Crippen LogP contribution is 2.38. The van der Waals surface area contributed by atoms with Crippen LogP contribution in [0.2, 0.25) is 0 Å². The maximum Gasteiger partial charge on any atom is 0.336 e. The summed E-state index contributed by atoms with van der Waals surface area (Å²) in [7, 11) is 0. The molecule has 0 aliphatic carbocycles. The zero-order chi connectivity index (χ0) is 23.3. The molecule has 174 valence electrons. The minimum Gasteiger partial charge on any atom is -0.493 e. The molecular weight excluding hydrogens is 523 g/mol. The third kappa shape index (κ3) is 5.44. The van der Waals surface area contributed by atoms with Crippen LogP contribution in [0.3, 0.4) is 0 Å². The molecule has 3 rings (SSSR count). The number of hydrogen-bond acceptors (Lipinski definition) is 5. The molecule has 1 aliphatic heterocycles. The van der Waals surface area contributed by atoms with Gasteiger partial charge in [0.25, 0.3) is 0 Å². The van der Waals surface area contributed by atoms with E-state index in [1.54, 1.807) is 6.07 Å². The molecule has 1 aromatic heterocycles. The Labute approximate surface area is 202 Å². The number of urea groups is 1. The van der Waals surface area contributed by atoms with Gasteiger partial charge in [-0.2, -0.15) is 0 Å². The van der Waals surface area contributed by atoms with E-state index in [0.717, 1.165) is 53.5 Å². The summed E-state index contributed by atoms with van der Waals surface area (Å²) >= 11 is 2.33. The number of hydrogen-bond donors (Lipinski definition) is 1. The van der Waals surface area contributed by atoms with Crippen LogP contribution in [0.15, 0.2) is 21.3 Å². The number of halogens is 1. The first kappa shape index (κ1) is 24.5. The van der Waals surface area contributed by atoms with Crippen LogP contribution in [0.25, 0.3) is 11.0 Å². The number of nitrogens with zero attached hydrogens (tertiary/aromatic N) is 1. The monoisotopic (exact) mass is 554 g/mol. The highest BCUT2D eigenvalue weighted by atomic mass is 127. The number of carbonyl (C=O) groups excluding carboxylic acids is 2. The molecule has 2 heterocycles. The molecular formula is C24H31IN2O5. The Bertz CT molecular complexity index is 1030. The molecule has 0 bridgehead atoms. The van der Waals surface area contributed by atoms with Crippen molar-refractivity contribution in [2.24, 2.45) is 0 Å². The average Bonchev–Trinajstić information content (AvgIpc) is 3.07. The SMILES string of the molecule is CCCc1cc2c(C(C)I)cc(=O)oc2c(CCC)c1OCCCCN1C(=O)CNC1=O. The van der Waals surface area contributed by atoms with Crippen molar-refractivity contribution >= 4 is 45.5 Å². The van der Waals surface area contributed by atoms with Crippen molar-refractivity contribution in [3.63, 3.8) is 0 Å². The number of imide groups is 1. The normalized spacial score (nSPS) is 14.8. The average molecular weight is 554 g/mol. The van der Waals surface area contributed by atoms with Crippen molar-refractivity contribution in [1.82, 2.24) is 10.2 Å². The van der Waals surface area contributed by atoms with E-state index in [4.69, 9.17) is 9.15 Å². The Morgan fingerprint density at radius 3 is 2.53 bits per heavy atom. The Balaban J connectivity index is 1.86. The topological polar surface area (TPSA) is 88.8 Å². The molecule has 1 aromatic carbocycles. The van der Waals surface area contributed by atoms with Crippen LogP contribution >= 0.6 is 22.6 Å². The summed E-state index contributed by atoms with van der Waals surface area (Å²) in [4.78, 5) is 36.9. The Morgan fingerprint density at radius 2 is 1.91 bits per heavy atom. The van der Waals surface area contributed by atoms with Gasteiger partial charge < -0.3 is 14.5 Å². The highest BCUT2D eigenvalue weighted by molar-refractivity contribution is 14.1. The second-order valence-electron chi connectivity index (χ2n) is 8.12. The van der Waals surface area contributed by atoms with Gasteiger partial charge in [0.1, 0.15) is 11.3 Å². The van der Waals surface area contributed by atoms with Gasteiger partial charge in [0.05, 0.1) is 13.2 Å². The first-order valence-electron chi connectivity index (χ1n) is 11.3. The molecule has 1 aliphatic rings. The lowest BCUT2D eigenvalue weighted by Gasteiger charge is -2.19. The van der Waals surface area contributed by atoms with Crippen molar-refractivity contribution in [3.05, 3.63) is 39.2 Å². The van der Waals surface area contributed by atoms with E-state index in [9.17, 15) is 14.4 Å². The summed E-state index contributed by atoms with van der Waals surface area (Å²) in [6.45, 7) is 7.25. The zero-order valence-electron chi connectivity index (χ0n) is 19.0. The molecule has 0 radical (unpaired) electrons. The maximum absolute atomic E-state index is 12.3. The summed E-state index contributed by atoms with van der Waals surface area (Å²) < 4.78 is 12.2. The smallest absolute Gasteiger partial charge is 0.336 e. The number of alkyl halides is 1. The van der Waals surface area contributed by atoms with Crippen LogP contribution in [-0.4, -0.2) is 36.5 Å². The van der Waals surface area contributed by atoms with Crippen molar-refractivity contribution in [1.29, 1.82) is 0 Å². The van der Waals surface area contributed by atoms with Gasteiger partial charge in [0.15, 0.2) is 0 Å². The van der Waals surface area contributed by atoms with Gasteiger partial charge >= 0.3 is 11.7 Å². The molecule has 3 amide bonds. The largest absolute Gasteiger partial charge is 0.493 e. The van der Waals surface area contributed by atoms with Crippen molar-refractivity contribution in [2.45, 2.75) is 63.2 Å². The van der Waals surface area contributed by atoms with Gasteiger partial charge in [-0.05, 0) is 49.8 Å². The van der Waals surface area contributed by atoms with Crippen molar-refractivity contribution < 1.29 is 18.7 Å². The Kier molecular flexibility index (Phi) is 8.56. The Morgan fingerprint density at radius 1 is 1.16 bits per heavy atom. The fraction of sp³-hybridized carbons (Fsp3) is 0.542. The van der Waals surface area contributed by atoms with E-state index >= 15 is 0 Å². The fourth-order valence-corrected chi connectivity index (χ4v) is 4.61. The molecule has 1 atom stereocenters. The number of carbonyl (C=O) groups is 2. The molecule has 1 fully saturated rings. The first-order valence-corrected chi connectivity index (χ1v) is 12.6. The quantitative estimate of drug-likeness (QED) is 0.140. The summed E-state index contributed by atoms with van der Waals surface area (Å²) in [5.74, 6) is 0.633. The van der Waals surface area contributed by atoms with E-state index in [-0.39, 0.29) is 28.0 Å². The molecule has 1 N–H and O–H groups in total. The number of unbranched alkanes of at least 4 members (excludes halogenated alkanes) is 1. The summed E-state index contributed by atoms with van der Waals surface area (Å²) in [5.41, 5.74) is 3.37. The number of rotatable bonds is 11. The van der Waals surface area contributed by atoms with E-state index in [1.165, 1.54) is 4.90 Å². The summed E-state index contributed by atoms with van der Waals surface area (Å²) in [6.07, 6.45) is 4.89. The van der Waals surface area contributed by atoms with Crippen LogP contribution in [0.5, 0.6) is 5.75 Å². The number of aryl methyl sites for hydroxylation is 2. The van der Waals surface area contributed by atoms with Gasteiger partial charge in [-0.3, -0.25) is 9.69 Å². The molecule has 2 aromatic rings. The van der Waals surface area contributed by atoms with E-state index in [1.807, 2.05) is 0 Å². The minimum absolute atomic E-state index is 0.0796. The van der Waals surface area contributed by atoms with Gasteiger partial charge in [0.2, 0.25) is 5.91 Å². The first-order chi connectivity index (χ1) is 15.4. The highest BCUT2D eigenvalue weighted by Gasteiger charge is 2.27. The standard InChI is InChI=1S/C24H31IN2O5/c1-4-8-16-12-19-18(15(3)25)13-21(29)32-23(19)17(9-5-2)22(16)31-11-7-6-10-27-20(28)14-26-24(27)30/h12-13,15H,4-11,14H2,1-3H3,(H,26,30). The second-order valence-corrected chi connectivity index (χ2v) is 9.98. The molecule has 1 saturated heterocycles. The Hall–Kier alpha value is -2.10. The minimum atomic E-state index is -0.337. The lowest BCUT2D eigenvalue weighted by Crippen LogP contribution is -2.32. The van der Waals surface area contributed by atoms with E-state index < -0.39 is 0 Å². The summed E-state index contributed by atoms with van der Waals surface area (Å²) in [6, 6.07) is 3.39. The van der Waals surface area contributed by atoms with Gasteiger partial charge in [-0.25, -0.2) is 9.59 Å². The predicted octanol–water partition coefficient (Wildman–Crippen LogP) is 4.90. The van der Waals surface area contributed by atoms with Crippen LogP contribution < -0.4 is 15.7 Å². The number of ether oxygens (including phenoxy) is 1. The fourth-order valence-electron chi connectivity index (χ4n) is 4.10. The molecule has 0 saturated carbocycles. The van der Waals surface area contributed by atoms with Crippen LogP contribution in [0.4, 0.5) is 4.79 Å². The van der Waals surface area contributed by atoms with E-state index in [0.29, 0.717) is 31.6 Å². The summed E-state index contributed by atoms with van der Waals surface area (Å²) in [5, 5.41) is 3.52. The number of fused-ring (bicyclic) bond motifs is 1.